The number of aromatic nitrogens is 2. The van der Waals surface area contributed by atoms with Crippen LogP contribution < -0.4 is 0 Å². The lowest BCUT2D eigenvalue weighted by Gasteiger charge is -2.30. The summed E-state index contributed by atoms with van der Waals surface area (Å²) in [6, 6.07) is 10.8. The highest BCUT2D eigenvalue weighted by atomic mass is 16.2. The van der Waals surface area contributed by atoms with Gasteiger partial charge in [0.1, 0.15) is 0 Å². The van der Waals surface area contributed by atoms with E-state index in [4.69, 9.17) is 0 Å². The van der Waals surface area contributed by atoms with E-state index in [1.807, 2.05) is 31.1 Å². The number of likely N-dealkylation sites (N-methyl/N-ethyl adjacent to an activating group) is 1. The summed E-state index contributed by atoms with van der Waals surface area (Å²) in [6.07, 6.45) is 6.92. The van der Waals surface area contributed by atoms with Crippen molar-refractivity contribution in [1.82, 2.24) is 14.7 Å². The Morgan fingerprint density at radius 1 is 1.32 bits per heavy atom. The number of benzene rings is 1. The monoisotopic (exact) mass is 297 g/mol. The van der Waals surface area contributed by atoms with Gasteiger partial charge in [0.05, 0.1) is 11.8 Å². The predicted octanol–water partition coefficient (Wildman–Crippen LogP) is 3.31. The molecule has 1 fully saturated rings. The molecular formula is C18H23N3O. The summed E-state index contributed by atoms with van der Waals surface area (Å²) in [7, 11) is 1.93. The smallest absolute Gasteiger partial charge is 0.257 e. The summed E-state index contributed by atoms with van der Waals surface area (Å²) < 4.78 is 1.80. The molecule has 0 aliphatic heterocycles. The van der Waals surface area contributed by atoms with E-state index >= 15 is 0 Å². The van der Waals surface area contributed by atoms with Crippen LogP contribution in [0.5, 0.6) is 0 Å². The molecule has 3 rings (SSSR count). The first-order valence-electron chi connectivity index (χ1n) is 8.05. The molecule has 2 aromatic rings. The molecule has 0 bridgehead atoms. The molecule has 1 saturated carbocycles. The molecule has 4 nitrogen and oxygen atoms in total. The van der Waals surface area contributed by atoms with E-state index in [9.17, 15) is 4.79 Å². The number of carbonyl (C=O) groups is 1. The number of nitrogens with zero attached hydrogens (tertiary/aromatic N) is 3. The van der Waals surface area contributed by atoms with Crippen LogP contribution in [0.2, 0.25) is 0 Å². The van der Waals surface area contributed by atoms with E-state index in [1.165, 1.54) is 12.0 Å². The average Bonchev–Trinajstić information content (AvgIpc) is 3.23. The fraction of sp³-hybridized carbons (Fsp3) is 0.444. The van der Waals surface area contributed by atoms with Gasteiger partial charge >= 0.3 is 0 Å². The summed E-state index contributed by atoms with van der Waals surface area (Å²) in [4.78, 5) is 14.6. The molecule has 0 radical (unpaired) electrons. The first-order chi connectivity index (χ1) is 10.7. The number of hydrogen-bond donors (Lipinski definition) is 0. The Bertz CT molecular complexity index is 635. The standard InChI is InChI=1S/C18H23N3O/c1-3-21-13-15(12-19-21)18(22)20(2)17-11-7-10-16(17)14-8-5-4-6-9-14/h4-6,8-9,12-13,16-17H,3,7,10-11H2,1-2H3/t16-,17-/m0/s1. The number of hydrogen-bond acceptors (Lipinski definition) is 2. The molecule has 0 spiro atoms. The molecule has 1 heterocycles. The highest BCUT2D eigenvalue weighted by Gasteiger charge is 2.34. The van der Waals surface area contributed by atoms with Gasteiger partial charge in [-0.25, -0.2) is 0 Å². The van der Waals surface area contributed by atoms with Gasteiger partial charge in [0.15, 0.2) is 0 Å². The van der Waals surface area contributed by atoms with Crippen LogP contribution in [0.1, 0.15) is 48.0 Å². The normalized spacial score (nSPS) is 21.0. The Morgan fingerprint density at radius 2 is 2.09 bits per heavy atom. The van der Waals surface area contributed by atoms with Gasteiger partial charge in [-0.1, -0.05) is 36.8 Å². The van der Waals surface area contributed by atoms with Crippen LogP contribution in [0.25, 0.3) is 0 Å². The average molecular weight is 297 g/mol. The lowest BCUT2D eigenvalue weighted by Crippen LogP contribution is -2.38. The molecule has 1 amide bonds. The Balaban J connectivity index is 1.78. The Morgan fingerprint density at radius 3 is 2.77 bits per heavy atom. The molecule has 0 unspecified atom stereocenters. The van der Waals surface area contributed by atoms with Gasteiger partial charge in [-0.15, -0.1) is 0 Å². The van der Waals surface area contributed by atoms with Crippen molar-refractivity contribution in [2.75, 3.05) is 7.05 Å². The van der Waals surface area contributed by atoms with Crippen molar-refractivity contribution in [2.24, 2.45) is 0 Å². The molecule has 0 N–H and O–H groups in total. The lowest BCUT2D eigenvalue weighted by molar-refractivity contribution is 0.0722. The minimum Gasteiger partial charge on any atom is -0.338 e. The van der Waals surface area contributed by atoms with Crippen LogP contribution in [-0.2, 0) is 6.54 Å². The molecule has 1 aliphatic rings. The van der Waals surface area contributed by atoms with Gasteiger partial charge in [-0.2, -0.15) is 5.10 Å². The van der Waals surface area contributed by atoms with E-state index in [0.29, 0.717) is 11.5 Å². The van der Waals surface area contributed by atoms with Gasteiger partial charge in [0.25, 0.3) is 5.91 Å². The third kappa shape index (κ3) is 2.78. The quantitative estimate of drug-likeness (QED) is 0.868. The Hall–Kier alpha value is -2.10. The zero-order valence-electron chi connectivity index (χ0n) is 13.3. The van der Waals surface area contributed by atoms with Crippen molar-refractivity contribution in [2.45, 2.75) is 44.7 Å². The van der Waals surface area contributed by atoms with Crippen LogP contribution in [0.4, 0.5) is 0 Å². The summed E-state index contributed by atoms with van der Waals surface area (Å²) in [6.45, 7) is 2.81. The van der Waals surface area contributed by atoms with Crippen LogP contribution in [0, 0.1) is 0 Å². The van der Waals surface area contributed by atoms with E-state index in [-0.39, 0.29) is 11.9 Å². The fourth-order valence-corrected chi connectivity index (χ4v) is 3.49. The maximum absolute atomic E-state index is 12.7. The first-order valence-corrected chi connectivity index (χ1v) is 8.05. The summed E-state index contributed by atoms with van der Waals surface area (Å²) in [5, 5.41) is 4.21. The van der Waals surface area contributed by atoms with E-state index in [0.717, 1.165) is 19.4 Å². The van der Waals surface area contributed by atoms with Crippen LogP contribution >= 0.6 is 0 Å². The maximum atomic E-state index is 12.7. The summed E-state index contributed by atoms with van der Waals surface area (Å²) >= 11 is 0. The van der Waals surface area contributed by atoms with Crippen molar-refractivity contribution >= 4 is 5.91 Å². The topological polar surface area (TPSA) is 38.1 Å². The first kappa shape index (κ1) is 14.8. The molecule has 4 heteroatoms. The van der Waals surface area contributed by atoms with Crippen LogP contribution in [-0.4, -0.2) is 33.7 Å². The minimum absolute atomic E-state index is 0.0764. The van der Waals surface area contributed by atoms with E-state index in [1.54, 1.807) is 10.9 Å². The van der Waals surface area contributed by atoms with Crippen LogP contribution in [0.3, 0.4) is 0 Å². The highest BCUT2D eigenvalue weighted by molar-refractivity contribution is 5.93. The van der Waals surface area contributed by atoms with Crippen molar-refractivity contribution in [3.63, 3.8) is 0 Å². The zero-order valence-corrected chi connectivity index (χ0v) is 13.3. The van der Waals surface area contributed by atoms with Gasteiger partial charge in [-0.05, 0) is 25.3 Å². The second-order valence-electron chi connectivity index (χ2n) is 6.02. The van der Waals surface area contributed by atoms with Gasteiger partial charge < -0.3 is 4.90 Å². The molecule has 1 aliphatic carbocycles. The number of amides is 1. The summed E-state index contributed by atoms with van der Waals surface area (Å²) in [5.41, 5.74) is 2.02. The Kier molecular flexibility index (Phi) is 4.27. The number of carbonyl (C=O) groups excluding carboxylic acids is 1. The Labute approximate surface area is 131 Å². The molecule has 22 heavy (non-hydrogen) atoms. The van der Waals surface area contributed by atoms with E-state index in [2.05, 4.69) is 29.4 Å². The van der Waals surface area contributed by atoms with Gasteiger partial charge in [0.2, 0.25) is 0 Å². The highest BCUT2D eigenvalue weighted by Crippen LogP contribution is 2.37. The van der Waals surface area contributed by atoms with Gasteiger partial charge in [-0.3, -0.25) is 9.48 Å². The zero-order chi connectivity index (χ0) is 15.5. The summed E-state index contributed by atoms with van der Waals surface area (Å²) in [5.74, 6) is 0.518. The maximum Gasteiger partial charge on any atom is 0.257 e. The molecule has 116 valence electrons. The van der Waals surface area contributed by atoms with Gasteiger partial charge in [0, 0.05) is 31.7 Å². The lowest BCUT2D eigenvalue weighted by atomic mass is 9.93. The molecular weight excluding hydrogens is 274 g/mol. The molecule has 0 saturated heterocycles. The van der Waals surface area contributed by atoms with E-state index < -0.39 is 0 Å². The molecule has 2 atom stereocenters. The second-order valence-corrected chi connectivity index (χ2v) is 6.02. The second kappa shape index (κ2) is 6.34. The number of rotatable bonds is 4. The third-order valence-corrected chi connectivity index (χ3v) is 4.73. The molecule has 1 aromatic heterocycles. The fourth-order valence-electron chi connectivity index (χ4n) is 3.49. The predicted molar refractivity (Wildman–Crippen MR) is 86.8 cm³/mol. The van der Waals surface area contributed by atoms with Crippen LogP contribution in [0.15, 0.2) is 42.7 Å². The van der Waals surface area contributed by atoms with Crippen molar-refractivity contribution < 1.29 is 4.79 Å². The molecule has 1 aromatic carbocycles. The SMILES string of the molecule is CCn1cc(C(=O)N(C)[C@H]2CCC[C@H]2c2ccccc2)cn1. The minimum atomic E-state index is 0.0764. The van der Waals surface area contributed by atoms with Crippen molar-refractivity contribution in [3.05, 3.63) is 53.9 Å². The van der Waals surface area contributed by atoms with Crippen molar-refractivity contribution in [1.29, 1.82) is 0 Å². The van der Waals surface area contributed by atoms with Crippen molar-refractivity contribution in [3.8, 4) is 0 Å². The third-order valence-electron chi connectivity index (χ3n) is 4.73. The largest absolute Gasteiger partial charge is 0.338 e. The number of aryl methyl sites for hydroxylation is 1.